The molecule has 0 saturated carbocycles. The Morgan fingerprint density at radius 3 is 2.70 bits per heavy atom. The van der Waals surface area contributed by atoms with Crippen LogP contribution in [0.25, 0.3) is 0 Å². The normalized spacial score (nSPS) is 12.7. The molecule has 3 rings (SSSR count). The summed E-state index contributed by atoms with van der Waals surface area (Å²) in [6, 6.07) is 9.81. The van der Waals surface area contributed by atoms with Crippen molar-refractivity contribution in [1.82, 2.24) is 0 Å². The second kappa shape index (κ2) is 4.96. The van der Waals surface area contributed by atoms with Crippen molar-refractivity contribution in [2.24, 2.45) is 0 Å². The van der Waals surface area contributed by atoms with Gasteiger partial charge < -0.3 is 10.1 Å². The number of carbonyl (C=O) groups excluding carboxylic acids is 1. The first-order chi connectivity index (χ1) is 9.69. The van der Waals surface area contributed by atoms with Crippen LogP contribution in [0.15, 0.2) is 36.4 Å². The molecular weight excluding hydrogens is 257 g/mol. The molecule has 0 radical (unpaired) electrons. The zero-order chi connectivity index (χ0) is 14.1. The number of hydrogen-bond acceptors (Lipinski definition) is 3. The summed E-state index contributed by atoms with van der Waals surface area (Å²) in [5.41, 5.74) is 3.08. The lowest BCUT2D eigenvalue weighted by molar-refractivity contribution is 0.103. The van der Waals surface area contributed by atoms with Crippen molar-refractivity contribution in [2.75, 3.05) is 19.0 Å². The van der Waals surface area contributed by atoms with E-state index < -0.39 is 5.82 Å². The van der Waals surface area contributed by atoms with Gasteiger partial charge in [0.2, 0.25) is 0 Å². The molecule has 2 aromatic rings. The first kappa shape index (κ1) is 12.7. The maximum absolute atomic E-state index is 13.7. The SMILES string of the molecule is COc1ccc(C(=O)c2ccc3c(c2)NCC3)cc1F. The van der Waals surface area contributed by atoms with Gasteiger partial charge in [0.1, 0.15) is 0 Å². The van der Waals surface area contributed by atoms with E-state index in [1.165, 1.54) is 24.8 Å². The molecule has 1 heterocycles. The van der Waals surface area contributed by atoms with Crippen molar-refractivity contribution in [3.05, 3.63) is 58.9 Å². The van der Waals surface area contributed by atoms with Gasteiger partial charge in [-0.1, -0.05) is 12.1 Å². The second-order valence-electron chi connectivity index (χ2n) is 4.73. The monoisotopic (exact) mass is 271 g/mol. The summed E-state index contributed by atoms with van der Waals surface area (Å²) in [6.07, 6.45) is 0.973. The van der Waals surface area contributed by atoms with Crippen molar-refractivity contribution in [3.63, 3.8) is 0 Å². The van der Waals surface area contributed by atoms with Gasteiger partial charge in [-0.2, -0.15) is 0 Å². The Morgan fingerprint density at radius 2 is 1.95 bits per heavy atom. The highest BCUT2D eigenvalue weighted by Crippen LogP contribution is 2.25. The molecular formula is C16H14FNO2. The van der Waals surface area contributed by atoms with Crippen molar-refractivity contribution in [3.8, 4) is 5.75 Å². The van der Waals surface area contributed by atoms with Crippen molar-refractivity contribution < 1.29 is 13.9 Å². The maximum Gasteiger partial charge on any atom is 0.193 e. The standard InChI is InChI=1S/C16H14FNO2/c1-20-15-5-4-11(8-13(15)17)16(19)12-3-2-10-6-7-18-14(10)9-12/h2-5,8-9,18H,6-7H2,1H3. The van der Waals surface area contributed by atoms with E-state index in [1.807, 2.05) is 12.1 Å². The number of fused-ring (bicyclic) bond motifs is 1. The number of benzene rings is 2. The minimum Gasteiger partial charge on any atom is -0.494 e. The summed E-state index contributed by atoms with van der Waals surface area (Å²) in [7, 11) is 1.39. The highest BCUT2D eigenvalue weighted by atomic mass is 19.1. The zero-order valence-electron chi connectivity index (χ0n) is 11.1. The molecule has 4 heteroatoms. The van der Waals surface area contributed by atoms with Crippen molar-refractivity contribution in [2.45, 2.75) is 6.42 Å². The molecule has 1 N–H and O–H groups in total. The Bertz CT molecular complexity index is 682. The van der Waals surface area contributed by atoms with Crippen LogP contribution in [0.2, 0.25) is 0 Å². The van der Waals surface area contributed by atoms with Crippen LogP contribution in [-0.4, -0.2) is 19.4 Å². The number of methoxy groups -OCH3 is 1. The van der Waals surface area contributed by atoms with E-state index in [4.69, 9.17) is 4.74 Å². The van der Waals surface area contributed by atoms with Crippen molar-refractivity contribution in [1.29, 1.82) is 0 Å². The summed E-state index contributed by atoms with van der Waals surface area (Å²) in [5.74, 6) is -0.585. The van der Waals surface area contributed by atoms with Crippen LogP contribution in [0.5, 0.6) is 5.75 Å². The van der Waals surface area contributed by atoms with Gasteiger partial charge in [0.25, 0.3) is 0 Å². The molecule has 3 nitrogen and oxygen atoms in total. The lowest BCUT2D eigenvalue weighted by Gasteiger charge is -2.06. The average molecular weight is 271 g/mol. The molecule has 1 aliphatic heterocycles. The molecule has 0 aromatic heterocycles. The molecule has 0 spiro atoms. The van der Waals surface area contributed by atoms with Crippen molar-refractivity contribution >= 4 is 11.5 Å². The lowest BCUT2D eigenvalue weighted by atomic mass is 10.0. The zero-order valence-corrected chi connectivity index (χ0v) is 11.1. The average Bonchev–Trinajstić information content (AvgIpc) is 2.93. The minimum atomic E-state index is -0.530. The van der Waals surface area contributed by atoms with E-state index in [1.54, 1.807) is 12.1 Å². The van der Waals surface area contributed by atoms with E-state index in [0.29, 0.717) is 11.1 Å². The van der Waals surface area contributed by atoms with Crippen LogP contribution < -0.4 is 10.1 Å². The van der Waals surface area contributed by atoms with Crippen LogP contribution in [0.3, 0.4) is 0 Å². The van der Waals surface area contributed by atoms with Gasteiger partial charge in [0.05, 0.1) is 7.11 Å². The summed E-state index contributed by atoms with van der Waals surface area (Å²) in [4.78, 5) is 12.4. The summed E-state index contributed by atoms with van der Waals surface area (Å²) in [5, 5.41) is 3.23. The second-order valence-corrected chi connectivity index (χ2v) is 4.73. The van der Waals surface area contributed by atoms with E-state index in [9.17, 15) is 9.18 Å². The van der Waals surface area contributed by atoms with Gasteiger partial charge in [0, 0.05) is 23.4 Å². The fraction of sp³-hybridized carbons (Fsp3) is 0.188. The fourth-order valence-electron chi connectivity index (χ4n) is 2.41. The highest BCUT2D eigenvalue weighted by molar-refractivity contribution is 6.09. The molecule has 20 heavy (non-hydrogen) atoms. The Morgan fingerprint density at radius 1 is 1.20 bits per heavy atom. The Labute approximate surface area is 116 Å². The number of anilines is 1. The maximum atomic E-state index is 13.7. The van der Waals surface area contributed by atoms with Crippen LogP contribution >= 0.6 is 0 Å². The summed E-state index contributed by atoms with van der Waals surface area (Å²) in [6.45, 7) is 0.893. The molecule has 0 fully saturated rings. The molecule has 0 saturated heterocycles. The number of ether oxygens (including phenoxy) is 1. The van der Waals surface area contributed by atoms with Gasteiger partial charge in [-0.15, -0.1) is 0 Å². The van der Waals surface area contributed by atoms with Crippen LogP contribution in [0.4, 0.5) is 10.1 Å². The highest BCUT2D eigenvalue weighted by Gasteiger charge is 2.16. The van der Waals surface area contributed by atoms with Crippen LogP contribution in [0.1, 0.15) is 21.5 Å². The molecule has 0 aliphatic carbocycles. The third kappa shape index (κ3) is 2.13. The number of hydrogen-bond donors (Lipinski definition) is 1. The number of nitrogens with one attached hydrogen (secondary N) is 1. The Hall–Kier alpha value is -2.36. The predicted octanol–water partition coefficient (Wildman–Crippen LogP) is 3.03. The molecule has 1 aliphatic rings. The quantitative estimate of drug-likeness (QED) is 0.872. The predicted molar refractivity (Wildman–Crippen MR) is 75.0 cm³/mol. The largest absolute Gasteiger partial charge is 0.494 e. The van der Waals surface area contributed by atoms with Gasteiger partial charge in [-0.05, 0) is 36.2 Å². The Kier molecular flexibility index (Phi) is 3.14. The first-order valence-electron chi connectivity index (χ1n) is 6.44. The summed E-state index contributed by atoms with van der Waals surface area (Å²) >= 11 is 0. The number of rotatable bonds is 3. The molecule has 2 aromatic carbocycles. The number of ketones is 1. The lowest BCUT2D eigenvalue weighted by Crippen LogP contribution is -2.03. The third-order valence-corrected chi connectivity index (χ3v) is 3.50. The number of halogens is 1. The van der Waals surface area contributed by atoms with E-state index >= 15 is 0 Å². The van der Waals surface area contributed by atoms with Gasteiger partial charge in [-0.25, -0.2) is 4.39 Å². The molecule has 0 amide bonds. The first-order valence-corrected chi connectivity index (χ1v) is 6.44. The fourth-order valence-corrected chi connectivity index (χ4v) is 2.41. The Balaban J connectivity index is 1.94. The molecule has 0 bridgehead atoms. The van der Waals surface area contributed by atoms with Crippen LogP contribution in [0, 0.1) is 5.82 Å². The van der Waals surface area contributed by atoms with E-state index in [0.717, 1.165) is 18.7 Å². The van der Waals surface area contributed by atoms with Gasteiger partial charge >= 0.3 is 0 Å². The molecule has 0 unspecified atom stereocenters. The third-order valence-electron chi connectivity index (χ3n) is 3.50. The molecule has 0 atom stereocenters. The van der Waals surface area contributed by atoms with Gasteiger partial charge in [0.15, 0.2) is 17.3 Å². The topological polar surface area (TPSA) is 38.3 Å². The van der Waals surface area contributed by atoms with Crippen LogP contribution in [-0.2, 0) is 6.42 Å². The van der Waals surface area contributed by atoms with E-state index in [2.05, 4.69) is 5.32 Å². The summed E-state index contributed by atoms with van der Waals surface area (Å²) < 4.78 is 18.5. The van der Waals surface area contributed by atoms with Gasteiger partial charge in [-0.3, -0.25) is 4.79 Å². The van der Waals surface area contributed by atoms with E-state index in [-0.39, 0.29) is 11.5 Å². The number of carbonyl (C=O) groups is 1. The smallest absolute Gasteiger partial charge is 0.193 e. The minimum absolute atomic E-state index is 0.136. The molecule has 102 valence electrons.